The summed E-state index contributed by atoms with van der Waals surface area (Å²) in [5.41, 5.74) is 7.46. The Morgan fingerprint density at radius 1 is 1.19 bits per heavy atom. The molecule has 3 N–H and O–H groups in total. The third kappa shape index (κ3) is 5.10. The molecule has 0 atom stereocenters. The zero-order chi connectivity index (χ0) is 15.1. The van der Waals surface area contributed by atoms with Gasteiger partial charge in [0.15, 0.2) is 0 Å². The van der Waals surface area contributed by atoms with Crippen LogP contribution in [0.25, 0.3) is 0 Å². The number of anilines is 1. The van der Waals surface area contributed by atoms with Crippen LogP contribution in [0.1, 0.15) is 31.2 Å². The van der Waals surface area contributed by atoms with Crippen LogP contribution in [0.2, 0.25) is 0 Å². The van der Waals surface area contributed by atoms with Crippen molar-refractivity contribution in [3.8, 4) is 0 Å². The molecule has 0 aliphatic carbocycles. The lowest BCUT2D eigenvalue weighted by molar-refractivity contribution is -0.130. The Morgan fingerprint density at radius 2 is 1.95 bits per heavy atom. The number of hydrogen-bond donors (Lipinski definition) is 2. The zero-order valence-electron chi connectivity index (χ0n) is 12.3. The van der Waals surface area contributed by atoms with Crippen LogP contribution < -0.4 is 11.1 Å². The van der Waals surface area contributed by atoms with Gasteiger partial charge in [-0.05, 0) is 37.0 Å². The van der Waals surface area contributed by atoms with Gasteiger partial charge in [0.25, 0.3) is 0 Å². The third-order valence-electron chi connectivity index (χ3n) is 3.71. The monoisotopic (exact) mass is 289 g/mol. The number of nitrogens with two attached hydrogens (primary N) is 1. The van der Waals surface area contributed by atoms with Gasteiger partial charge in [0.2, 0.25) is 11.8 Å². The lowest BCUT2D eigenvalue weighted by atomic mass is 10.1. The number of amides is 2. The van der Waals surface area contributed by atoms with E-state index < -0.39 is 0 Å². The highest BCUT2D eigenvalue weighted by atomic mass is 16.2. The van der Waals surface area contributed by atoms with Gasteiger partial charge in [-0.25, -0.2) is 0 Å². The Labute approximate surface area is 125 Å². The molecule has 0 unspecified atom stereocenters. The smallest absolute Gasteiger partial charge is 0.224 e. The summed E-state index contributed by atoms with van der Waals surface area (Å²) < 4.78 is 0. The fourth-order valence-electron chi connectivity index (χ4n) is 2.53. The van der Waals surface area contributed by atoms with Gasteiger partial charge in [0.05, 0.1) is 0 Å². The van der Waals surface area contributed by atoms with E-state index in [1.165, 1.54) is 0 Å². The van der Waals surface area contributed by atoms with Crippen molar-refractivity contribution in [2.45, 2.75) is 32.1 Å². The second-order valence-electron chi connectivity index (χ2n) is 5.43. The van der Waals surface area contributed by atoms with Crippen LogP contribution in [0, 0.1) is 0 Å². The van der Waals surface area contributed by atoms with Crippen molar-refractivity contribution in [3.05, 3.63) is 29.8 Å². The fraction of sp³-hybridized carbons (Fsp3) is 0.500. The van der Waals surface area contributed by atoms with Crippen molar-refractivity contribution >= 4 is 17.5 Å². The molecule has 114 valence electrons. The van der Waals surface area contributed by atoms with E-state index in [-0.39, 0.29) is 11.8 Å². The second-order valence-corrected chi connectivity index (χ2v) is 5.43. The first-order valence-electron chi connectivity index (χ1n) is 7.54. The van der Waals surface area contributed by atoms with Gasteiger partial charge in [0, 0.05) is 38.2 Å². The molecule has 0 spiro atoms. The fourth-order valence-corrected chi connectivity index (χ4v) is 2.53. The summed E-state index contributed by atoms with van der Waals surface area (Å²) in [5.74, 6) is 0.121. The van der Waals surface area contributed by atoms with Crippen molar-refractivity contribution in [1.29, 1.82) is 0 Å². The number of carbonyl (C=O) groups excluding carboxylic acids is 2. The molecule has 21 heavy (non-hydrogen) atoms. The first-order chi connectivity index (χ1) is 10.1. The SMILES string of the molecule is Nc1cccc(CCC(=O)NCCC(=O)N2CCCC2)c1. The summed E-state index contributed by atoms with van der Waals surface area (Å²) >= 11 is 0. The predicted molar refractivity (Wildman–Crippen MR) is 82.6 cm³/mol. The van der Waals surface area contributed by atoms with E-state index in [4.69, 9.17) is 5.73 Å². The Morgan fingerprint density at radius 3 is 2.67 bits per heavy atom. The van der Waals surface area contributed by atoms with Crippen LogP contribution in [0.5, 0.6) is 0 Å². The molecule has 5 nitrogen and oxygen atoms in total. The van der Waals surface area contributed by atoms with E-state index in [0.29, 0.717) is 31.5 Å². The maximum absolute atomic E-state index is 11.8. The lowest BCUT2D eigenvalue weighted by Gasteiger charge is -2.15. The summed E-state index contributed by atoms with van der Waals surface area (Å²) in [7, 11) is 0. The largest absolute Gasteiger partial charge is 0.399 e. The van der Waals surface area contributed by atoms with E-state index in [9.17, 15) is 9.59 Å². The minimum Gasteiger partial charge on any atom is -0.399 e. The van der Waals surface area contributed by atoms with Crippen LogP contribution >= 0.6 is 0 Å². The molecule has 1 saturated heterocycles. The number of nitrogens with one attached hydrogen (secondary N) is 1. The zero-order valence-corrected chi connectivity index (χ0v) is 12.3. The van der Waals surface area contributed by atoms with Gasteiger partial charge in [-0.1, -0.05) is 12.1 Å². The number of hydrogen-bond acceptors (Lipinski definition) is 3. The average Bonchev–Trinajstić information content (AvgIpc) is 2.99. The molecule has 1 fully saturated rings. The van der Waals surface area contributed by atoms with Crippen LogP contribution in [-0.2, 0) is 16.0 Å². The highest BCUT2D eigenvalue weighted by Crippen LogP contribution is 2.09. The van der Waals surface area contributed by atoms with Gasteiger partial charge in [-0.3, -0.25) is 9.59 Å². The molecule has 0 bridgehead atoms. The van der Waals surface area contributed by atoms with Crippen molar-refractivity contribution in [3.63, 3.8) is 0 Å². The summed E-state index contributed by atoms with van der Waals surface area (Å²) in [6.07, 6.45) is 3.67. The van der Waals surface area contributed by atoms with E-state index in [2.05, 4.69) is 5.32 Å². The lowest BCUT2D eigenvalue weighted by Crippen LogP contribution is -2.32. The standard InChI is InChI=1S/C16H23N3O2/c17-14-5-3-4-13(12-14)6-7-15(20)18-9-8-16(21)19-10-1-2-11-19/h3-5,12H,1-2,6-11,17H2,(H,18,20). The molecule has 1 heterocycles. The molecule has 2 amide bonds. The Hall–Kier alpha value is -2.04. The third-order valence-corrected chi connectivity index (χ3v) is 3.71. The maximum atomic E-state index is 11.8. The Kier molecular flexibility index (Phi) is 5.60. The maximum Gasteiger partial charge on any atom is 0.224 e. The van der Waals surface area contributed by atoms with E-state index in [0.717, 1.165) is 31.5 Å². The van der Waals surface area contributed by atoms with Crippen molar-refractivity contribution in [2.24, 2.45) is 0 Å². The molecule has 0 saturated carbocycles. The van der Waals surface area contributed by atoms with Crippen LogP contribution in [0.3, 0.4) is 0 Å². The minimum atomic E-state index is -0.0216. The van der Waals surface area contributed by atoms with Gasteiger partial charge in [0.1, 0.15) is 0 Å². The summed E-state index contributed by atoms with van der Waals surface area (Å²) in [6, 6.07) is 7.55. The first kappa shape index (κ1) is 15.4. The quantitative estimate of drug-likeness (QED) is 0.776. The number of nitrogens with zero attached hydrogens (tertiary/aromatic N) is 1. The Bertz CT molecular complexity index is 496. The Balaban J connectivity index is 1.62. The van der Waals surface area contributed by atoms with Gasteiger partial charge in [-0.15, -0.1) is 0 Å². The van der Waals surface area contributed by atoms with E-state index in [1.807, 2.05) is 29.2 Å². The predicted octanol–water partition coefficient (Wildman–Crippen LogP) is 1.33. The molecule has 1 aliphatic heterocycles. The number of benzene rings is 1. The molecule has 1 aliphatic rings. The van der Waals surface area contributed by atoms with Gasteiger partial charge in [-0.2, -0.15) is 0 Å². The first-order valence-corrected chi connectivity index (χ1v) is 7.54. The molecule has 1 aromatic rings. The molecule has 2 rings (SSSR count). The highest BCUT2D eigenvalue weighted by Gasteiger charge is 2.17. The number of nitrogen functional groups attached to an aromatic ring is 1. The van der Waals surface area contributed by atoms with Crippen molar-refractivity contribution in [2.75, 3.05) is 25.4 Å². The van der Waals surface area contributed by atoms with E-state index >= 15 is 0 Å². The summed E-state index contributed by atoms with van der Waals surface area (Å²) in [6.45, 7) is 2.15. The number of aryl methyl sites for hydroxylation is 1. The molecule has 5 heteroatoms. The second kappa shape index (κ2) is 7.67. The molecule has 1 aromatic carbocycles. The van der Waals surface area contributed by atoms with Crippen LogP contribution in [-0.4, -0.2) is 36.3 Å². The summed E-state index contributed by atoms with van der Waals surface area (Å²) in [5, 5.41) is 2.80. The van der Waals surface area contributed by atoms with Crippen LogP contribution in [0.4, 0.5) is 5.69 Å². The molecule has 0 radical (unpaired) electrons. The van der Waals surface area contributed by atoms with E-state index in [1.54, 1.807) is 0 Å². The number of likely N-dealkylation sites (tertiary alicyclic amines) is 1. The van der Waals surface area contributed by atoms with Crippen LogP contribution in [0.15, 0.2) is 24.3 Å². The number of rotatable bonds is 6. The van der Waals surface area contributed by atoms with Gasteiger partial charge >= 0.3 is 0 Å². The minimum absolute atomic E-state index is 0.0216. The summed E-state index contributed by atoms with van der Waals surface area (Å²) in [4.78, 5) is 25.4. The topological polar surface area (TPSA) is 75.4 Å². The number of carbonyl (C=O) groups is 2. The highest BCUT2D eigenvalue weighted by molar-refractivity contribution is 5.79. The molecule has 0 aromatic heterocycles. The molecular weight excluding hydrogens is 266 g/mol. The van der Waals surface area contributed by atoms with Crippen molar-refractivity contribution < 1.29 is 9.59 Å². The van der Waals surface area contributed by atoms with Gasteiger partial charge < -0.3 is 16.0 Å². The normalized spacial score (nSPS) is 14.2. The molecular formula is C16H23N3O2. The van der Waals surface area contributed by atoms with Crippen molar-refractivity contribution in [1.82, 2.24) is 10.2 Å². The average molecular weight is 289 g/mol.